The Hall–Kier alpha value is -1.73. The molecule has 0 N–H and O–H groups in total. The Kier molecular flexibility index (Phi) is 7.04. The van der Waals surface area contributed by atoms with Crippen molar-refractivity contribution in [2.24, 2.45) is 0 Å². The van der Waals surface area contributed by atoms with E-state index in [1.54, 1.807) is 44.6 Å². The molecular weight excluding hydrogens is 284 g/mol. The van der Waals surface area contributed by atoms with Crippen LogP contribution in [0.1, 0.15) is 5.56 Å². The van der Waals surface area contributed by atoms with E-state index in [2.05, 4.69) is 11.6 Å². The van der Waals surface area contributed by atoms with E-state index in [-0.39, 0.29) is 0 Å². The van der Waals surface area contributed by atoms with Crippen molar-refractivity contribution >= 4 is 20.2 Å². The van der Waals surface area contributed by atoms with Gasteiger partial charge in [0.1, 0.15) is 0 Å². The smallest absolute Gasteiger partial charge is 0.373 e. The fourth-order valence-electron chi connectivity index (χ4n) is 1.74. The van der Waals surface area contributed by atoms with Gasteiger partial charge in [0, 0.05) is 45.1 Å². The average molecular weight is 306 g/mol. The van der Waals surface area contributed by atoms with Crippen LogP contribution in [0.4, 0.5) is 0 Å². The van der Waals surface area contributed by atoms with Gasteiger partial charge >= 0.3 is 8.80 Å². The zero-order valence-corrected chi connectivity index (χ0v) is 13.9. The van der Waals surface area contributed by atoms with Crippen LogP contribution in [0.5, 0.6) is 0 Å². The summed E-state index contributed by atoms with van der Waals surface area (Å²) in [5, 5.41) is 0.982. The van der Waals surface area contributed by atoms with Gasteiger partial charge in [0.05, 0.1) is 6.33 Å². The summed E-state index contributed by atoms with van der Waals surface area (Å²) in [6, 6.07) is 8.01. The third-order valence-electron chi connectivity index (χ3n) is 2.95. The molecule has 0 aliphatic rings. The number of hydrogen-bond donors (Lipinski definition) is 0. The summed E-state index contributed by atoms with van der Waals surface area (Å²) in [6.07, 6.45) is 6.91. The maximum Gasteiger partial charge on any atom is 0.536 e. The molecule has 0 saturated heterocycles. The van der Waals surface area contributed by atoms with Gasteiger partial charge < -0.3 is 17.8 Å². The second-order valence-corrected chi connectivity index (χ2v) is 7.14. The summed E-state index contributed by atoms with van der Waals surface area (Å²) in [7, 11) is 2.21. The Bertz CT molecular complexity index is 514. The van der Waals surface area contributed by atoms with E-state index in [1.807, 2.05) is 37.4 Å². The zero-order valence-electron chi connectivity index (χ0n) is 12.9. The molecule has 2 rings (SSSR count). The zero-order chi connectivity index (χ0) is 15.7. The molecule has 0 saturated carbocycles. The van der Waals surface area contributed by atoms with E-state index in [0.717, 1.165) is 5.19 Å². The van der Waals surface area contributed by atoms with Gasteiger partial charge in [-0.3, -0.25) is 0 Å². The molecule has 21 heavy (non-hydrogen) atoms. The lowest BCUT2D eigenvalue weighted by Crippen LogP contribution is -2.54. The molecule has 1 heterocycles. The Morgan fingerprint density at radius 3 is 2.00 bits per heavy atom. The van der Waals surface area contributed by atoms with E-state index in [1.165, 1.54) is 5.56 Å². The second-order valence-electron chi connectivity index (χ2n) is 4.23. The predicted octanol–water partition coefficient (Wildman–Crippen LogP) is 2.06. The summed E-state index contributed by atoms with van der Waals surface area (Å²) in [5.41, 5.74) is 1.21. The minimum atomic E-state index is -2.62. The monoisotopic (exact) mass is 306 g/mol. The van der Waals surface area contributed by atoms with Crippen LogP contribution in [-0.2, 0) is 13.3 Å². The van der Waals surface area contributed by atoms with Crippen molar-refractivity contribution in [3.05, 3.63) is 55.1 Å². The van der Waals surface area contributed by atoms with Crippen LogP contribution in [0, 0.1) is 6.92 Å². The van der Waals surface area contributed by atoms with Crippen LogP contribution >= 0.6 is 0 Å². The molecular formula is C15H22N2O3Si. The first-order valence-electron chi connectivity index (χ1n) is 6.44. The lowest BCUT2D eigenvalue weighted by atomic mass is 10.2. The summed E-state index contributed by atoms with van der Waals surface area (Å²) in [4.78, 5) is 3.78. The number of benzene rings is 1. The standard InChI is InChI=1S/C10H16O3Si.C5H6N2/c1-9-5-7-10(8-6-9)14(11-2,12-3)13-4;1-2-7-4-3-6-5-7/h5-8H,1-4H3;2-5H,1H2. The minimum absolute atomic E-state index is 0.982. The summed E-state index contributed by atoms with van der Waals surface area (Å²) < 4.78 is 17.8. The highest BCUT2D eigenvalue weighted by Gasteiger charge is 2.40. The van der Waals surface area contributed by atoms with Crippen LogP contribution in [-0.4, -0.2) is 39.7 Å². The molecule has 6 heteroatoms. The van der Waals surface area contributed by atoms with E-state index >= 15 is 0 Å². The van der Waals surface area contributed by atoms with E-state index in [9.17, 15) is 0 Å². The molecule has 0 bridgehead atoms. The third-order valence-corrected chi connectivity index (χ3v) is 5.60. The average Bonchev–Trinajstić information content (AvgIpc) is 3.05. The van der Waals surface area contributed by atoms with Crippen molar-refractivity contribution < 1.29 is 13.3 Å². The fourth-order valence-corrected chi connectivity index (χ4v) is 3.52. The number of hydrogen-bond acceptors (Lipinski definition) is 4. The Morgan fingerprint density at radius 2 is 1.67 bits per heavy atom. The summed E-state index contributed by atoms with van der Waals surface area (Å²) >= 11 is 0. The van der Waals surface area contributed by atoms with E-state index in [4.69, 9.17) is 13.3 Å². The van der Waals surface area contributed by atoms with Gasteiger partial charge in [0.25, 0.3) is 0 Å². The third kappa shape index (κ3) is 4.64. The molecule has 1 aromatic carbocycles. The Balaban J connectivity index is 0.000000262. The van der Waals surface area contributed by atoms with Gasteiger partial charge in [0.2, 0.25) is 0 Å². The molecule has 5 nitrogen and oxygen atoms in total. The Morgan fingerprint density at radius 1 is 1.10 bits per heavy atom. The second kappa shape index (κ2) is 8.53. The molecule has 1 aromatic heterocycles. The van der Waals surface area contributed by atoms with Crippen LogP contribution in [0.15, 0.2) is 49.6 Å². The fraction of sp³-hybridized carbons (Fsp3) is 0.267. The molecule has 0 radical (unpaired) electrons. The molecule has 0 amide bonds. The number of aromatic nitrogens is 2. The molecule has 2 aromatic rings. The quantitative estimate of drug-likeness (QED) is 0.793. The van der Waals surface area contributed by atoms with E-state index in [0.29, 0.717) is 0 Å². The van der Waals surface area contributed by atoms with Crippen molar-refractivity contribution in [2.75, 3.05) is 21.3 Å². The lowest BCUT2D eigenvalue weighted by molar-refractivity contribution is 0.140. The van der Waals surface area contributed by atoms with Crippen molar-refractivity contribution in [1.29, 1.82) is 0 Å². The molecule has 0 unspecified atom stereocenters. The lowest BCUT2D eigenvalue weighted by Gasteiger charge is -2.24. The largest absolute Gasteiger partial charge is 0.536 e. The highest BCUT2D eigenvalue weighted by molar-refractivity contribution is 6.75. The molecule has 0 aliphatic heterocycles. The van der Waals surface area contributed by atoms with Crippen molar-refractivity contribution in [2.45, 2.75) is 6.92 Å². The summed E-state index contributed by atoms with van der Waals surface area (Å²) in [6.45, 7) is 5.57. The van der Waals surface area contributed by atoms with Crippen molar-refractivity contribution in [1.82, 2.24) is 9.55 Å². The van der Waals surface area contributed by atoms with Gasteiger partial charge in [-0.1, -0.05) is 36.4 Å². The number of aryl methyl sites for hydroxylation is 1. The number of nitrogens with zero attached hydrogens (tertiary/aromatic N) is 2. The van der Waals surface area contributed by atoms with Gasteiger partial charge in [-0.15, -0.1) is 0 Å². The van der Waals surface area contributed by atoms with Gasteiger partial charge in [-0.05, 0) is 6.92 Å². The highest BCUT2D eigenvalue weighted by atomic mass is 28.4. The number of imidazole rings is 1. The van der Waals surface area contributed by atoms with E-state index < -0.39 is 8.80 Å². The SMILES string of the molecule is C=Cn1ccnc1.CO[Si](OC)(OC)c1ccc(C)cc1. The van der Waals surface area contributed by atoms with Gasteiger partial charge in [-0.2, -0.15) is 0 Å². The normalized spacial score (nSPS) is 10.7. The van der Waals surface area contributed by atoms with Crippen LogP contribution in [0.2, 0.25) is 0 Å². The minimum Gasteiger partial charge on any atom is -0.373 e. The van der Waals surface area contributed by atoms with Crippen LogP contribution in [0.25, 0.3) is 6.20 Å². The predicted molar refractivity (Wildman–Crippen MR) is 86.2 cm³/mol. The van der Waals surface area contributed by atoms with Crippen molar-refractivity contribution in [3.8, 4) is 0 Å². The first-order valence-corrected chi connectivity index (χ1v) is 8.17. The maximum absolute atomic E-state index is 5.36. The molecule has 0 fully saturated rings. The van der Waals surface area contributed by atoms with Gasteiger partial charge in [-0.25, -0.2) is 4.98 Å². The molecule has 114 valence electrons. The van der Waals surface area contributed by atoms with Crippen LogP contribution in [0.3, 0.4) is 0 Å². The molecule has 0 aliphatic carbocycles. The number of rotatable bonds is 5. The highest BCUT2D eigenvalue weighted by Crippen LogP contribution is 2.07. The first-order chi connectivity index (χ1) is 10.1. The molecule has 0 atom stereocenters. The molecule has 0 spiro atoms. The van der Waals surface area contributed by atoms with Crippen LogP contribution < -0.4 is 5.19 Å². The topological polar surface area (TPSA) is 45.5 Å². The summed E-state index contributed by atoms with van der Waals surface area (Å²) in [5.74, 6) is 0. The first kappa shape index (κ1) is 17.3. The maximum atomic E-state index is 5.36. The van der Waals surface area contributed by atoms with Crippen molar-refractivity contribution in [3.63, 3.8) is 0 Å². The van der Waals surface area contributed by atoms with Gasteiger partial charge in [0.15, 0.2) is 0 Å². The Labute approximate surface area is 127 Å².